The highest BCUT2D eigenvalue weighted by Gasteiger charge is 2.24. The van der Waals surface area contributed by atoms with Gasteiger partial charge in [0, 0.05) is 23.8 Å². The number of nitrogens with two attached hydrogens (primary N) is 1. The molecular weight excluding hydrogens is 382 g/mol. The number of halogens is 1. The first-order valence-corrected chi connectivity index (χ1v) is 10.0. The minimum Gasteiger partial charge on any atom is -0.348 e. The van der Waals surface area contributed by atoms with Crippen LogP contribution in [0, 0.1) is 5.92 Å². The first kappa shape index (κ1) is 21.4. The number of benzene rings is 1. The van der Waals surface area contributed by atoms with E-state index in [4.69, 9.17) is 5.73 Å². The van der Waals surface area contributed by atoms with E-state index in [1.54, 1.807) is 30.3 Å². The van der Waals surface area contributed by atoms with Gasteiger partial charge in [-0.3, -0.25) is 9.59 Å². The minimum atomic E-state index is -0.167. The summed E-state index contributed by atoms with van der Waals surface area (Å²) in [4.78, 5) is 25.5. The molecule has 146 valence electrons. The predicted molar refractivity (Wildman–Crippen MR) is 113 cm³/mol. The van der Waals surface area contributed by atoms with Gasteiger partial charge >= 0.3 is 0 Å². The van der Waals surface area contributed by atoms with Crippen LogP contribution in [0.2, 0.25) is 0 Å². The summed E-state index contributed by atoms with van der Waals surface area (Å²) in [5.41, 5.74) is 7.05. The summed E-state index contributed by atoms with van der Waals surface area (Å²) in [5, 5.41) is 7.78. The van der Waals surface area contributed by atoms with Gasteiger partial charge < -0.3 is 16.4 Å². The van der Waals surface area contributed by atoms with Crippen molar-refractivity contribution in [2.24, 2.45) is 11.7 Å². The standard InChI is InChI=1S/C20H25N3O2S.ClH/c21-13-17(14-6-2-1-3-7-14)23-19(24)15-8-4-9-16(12-15)22-20(25)18-10-5-11-26-18;/h4-5,8-12,14,17H,1-3,6-7,13,21H2,(H,22,25)(H,23,24);1H. The molecule has 1 unspecified atom stereocenters. The summed E-state index contributed by atoms with van der Waals surface area (Å²) in [7, 11) is 0. The van der Waals surface area contributed by atoms with Gasteiger partial charge in [0.2, 0.25) is 0 Å². The van der Waals surface area contributed by atoms with Gasteiger partial charge in [0.15, 0.2) is 0 Å². The molecule has 0 aliphatic heterocycles. The fourth-order valence-corrected chi connectivity index (χ4v) is 4.12. The zero-order chi connectivity index (χ0) is 18.4. The van der Waals surface area contributed by atoms with Crippen LogP contribution in [0.15, 0.2) is 41.8 Å². The predicted octanol–water partition coefficient (Wildman–Crippen LogP) is 4.06. The van der Waals surface area contributed by atoms with Crippen molar-refractivity contribution < 1.29 is 9.59 Å². The highest BCUT2D eigenvalue weighted by atomic mass is 35.5. The molecule has 1 heterocycles. The van der Waals surface area contributed by atoms with Crippen LogP contribution < -0.4 is 16.4 Å². The van der Waals surface area contributed by atoms with Gasteiger partial charge in [0.05, 0.1) is 4.88 Å². The molecule has 2 amide bonds. The summed E-state index contributed by atoms with van der Waals surface area (Å²) < 4.78 is 0. The van der Waals surface area contributed by atoms with Gasteiger partial charge in [-0.15, -0.1) is 23.7 Å². The molecule has 1 fully saturated rings. The second-order valence-electron chi connectivity index (χ2n) is 6.73. The summed E-state index contributed by atoms with van der Waals surface area (Å²) in [5.74, 6) is 0.150. The van der Waals surface area contributed by atoms with Crippen LogP contribution in [0.4, 0.5) is 5.69 Å². The lowest BCUT2D eigenvalue weighted by molar-refractivity contribution is 0.0914. The monoisotopic (exact) mass is 407 g/mol. The molecule has 0 bridgehead atoms. The smallest absolute Gasteiger partial charge is 0.265 e. The third-order valence-electron chi connectivity index (χ3n) is 4.92. The molecule has 0 radical (unpaired) electrons. The van der Waals surface area contributed by atoms with Crippen LogP contribution in [-0.2, 0) is 0 Å². The molecule has 1 aromatic carbocycles. The molecule has 1 atom stereocenters. The Morgan fingerprint density at radius 3 is 2.56 bits per heavy atom. The Balaban J connectivity index is 0.00000261. The summed E-state index contributed by atoms with van der Waals surface area (Å²) in [6.07, 6.45) is 5.94. The number of rotatable bonds is 6. The van der Waals surface area contributed by atoms with E-state index in [1.807, 2.05) is 11.4 Å². The third-order valence-corrected chi connectivity index (χ3v) is 5.79. The van der Waals surface area contributed by atoms with Gasteiger partial charge in [-0.25, -0.2) is 0 Å². The number of anilines is 1. The maximum absolute atomic E-state index is 12.6. The van der Waals surface area contributed by atoms with E-state index in [0.29, 0.717) is 28.6 Å². The van der Waals surface area contributed by atoms with E-state index in [2.05, 4.69) is 10.6 Å². The Morgan fingerprint density at radius 2 is 1.89 bits per heavy atom. The van der Waals surface area contributed by atoms with Crippen LogP contribution in [0.1, 0.15) is 52.1 Å². The number of carbonyl (C=O) groups is 2. The SMILES string of the molecule is Cl.NCC(NC(=O)c1cccc(NC(=O)c2cccs2)c1)C1CCCCC1. The number of nitrogens with one attached hydrogen (secondary N) is 2. The Labute approximate surface area is 170 Å². The lowest BCUT2D eigenvalue weighted by Crippen LogP contribution is -2.45. The summed E-state index contributed by atoms with van der Waals surface area (Å²) in [6.45, 7) is 0.450. The molecule has 1 aliphatic carbocycles. The van der Waals surface area contributed by atoms with Crippen LogP contribution in [0.5, 0.6) is 0 Å². The van der Waals surface area contributed by atoms with E-state index in [-0.39, 0.29) is 30.3 Å². The van der Waals surface area contributed by atoms with Crippen LogP contribution >= 0.6 is 23.7 Å². The van der Waals surface area contributed by atoms with E-state index >= 15 is 0 Å². The number of thiophene rings is 1. The lowest BCUT2D eigenvalue weighted by Gasteiger charge is -2.30. The Kier molecular flexibility index (Phi) is 8.28. The number of carbonyl (C=O) groups excluding carboxylic acids is 2. The molecule has 0 spiro atoms. The first-order valence-electron chi connectivity index (χ1n) is 9.13. The van der Waals surface area contributed by atoms with Crippen molar-refractivity contribution in [1.29, 1.82) is 0 Å². The van der Waals surface area contributed by atoms with Crippen LogP contribution in [0.25, 0.3) is 0 Å². The topological polar surface area (TPSA) is 84.2 Å². The molecule has 3 rings (SSSR count). The van der Waals surface area contributed by atoms with E-state index in [9.17, 15) is 9.59 Å². The van der Waals surface area contributed by atoms with Gasteiger partial charge in [0.1, 0.15) is 0 Å². The summed E-state index contributed by atoms with van der Waals surface area (Å²) in [6, 6.07) is 10.6. The molecule has 4 N–H and O–H groups in total. The Morgan fingerprint density at radius 1 is 1.11 bits per heavy atom. The first-order chi connectivity index (χ1) is 12.7. The molecule has 0 saturated heterocycles. The molecule has 5 nitrogen and oxygen atoms in total. The van der Waals surface area contributed by atoms with Crippen molar-refractivity contribution >= 4 is 41.2 Å². The normalized spacial score (nSPS) is 15.4. The van der Waals surface area contributed by atoms with E-state index in [1.165, 1.54) is 30.6 Å². The van der Waals surface area contributed by atoms with Crippen molar-refractivity contribution in [2.75, 3.05) is 11.9 Å². The maximum atomic E-state index is 12.6. The number of hydrogen-bond acceptors (Lipinski definition) is 4. The number of amides is 2. The van der Waals surface area contributed by atoms with Crippen LogP contribution in [0.3, 0.4) is 0 Å². The third kappa shape index (κ3) is 5.79. The zero-order valence-electron chi connectivity index (χ0n) is 15.1. The molecule has 27 heavy (non-hydrogen) atoms. The number of hydrogen-bond donors (Lipinski definition) is 3. The van der Waals surface area contributed by atoms with E-state index in [0.717, 1.165) is 12.8 Å². The van der Waals surface area contributed by atoms with Gasteiger partial charge in [-0.05, 0) is 48.4 Å². The van der Waals surface area contributed by atoms with Gasteiger partial charge in [-0.2, -0.15) is 0 Å². The van der Waals surface area contributed by atoms with E-state index < -0.39 is 0 Å². The Bertz CT molecular complexity index is 745. The second kappa shape index (κ2) is 10.4. The second-order valence-corrected chi connectivity index (χ2v) is 7.67. The van der Waals surface area contributed by atoms with Gasteiger partial charge in [0.25, 0.3) is 11.8 Å². The zero-order valence-corrected chi connectivity index (χ0v) is 16.8. The average molecular weight is 408 g/mol. The van der Waals surface area contributed by atoms with Gasteiger partial charge in [-0.1, -0.05) is 31.4 Å². The lowest BCUT2D eigenvalue weighted by atomic mass is 9.84. The Hall–Kier alpha value is -1.89. The van der Waals surface area contributed by atoms with Crippen LogP contribution in [-0.4, -0.2) is 24.4 Å². The minimum absolute atomic E-state index is 0. The fourth-order valence-electron chi connectivity index (χ4n) is 3.50. The van der Waals surface area contributed by atoms with Crippen molar-refractivity contribution in [1.82, 2.24) is 5.32 Å². The van der Waals surface area contributed by atoms with Crippen molar-refractivity contribution in [3.05, 3.63) is 52.2 Å². The highest BCUT2D eigenvalue weighted by molar-refractivity contribution is 7.12. The summed E-state index contributed by atoms with van der Waals surface area (Å²) >= 11 is 1.38. The average Bonchev–Trinajstić information content (AvgIpc) is 3.22. The molecule has 7 heteroatoms. The molecule has 1 saturated carbocycles. The molecule has 1 aromatic heterocycles. The van der Waals surface area contributed by atoms with Crippen molar-refractivity contribution in [2.45, 2.75) is 38.1 Å². The molecule has 2 aromatic rings. The van der Waals surface area contributed by atoms with Crippen molar-refractivity contribution in [3.63, 3.8) is 0 Å². The molecular formula is C20H26ClN3O2S. The highest BCUT2D eigenvalue weighted by Crippen LogP contribution is 2.26. The molecule has 1 aliphatic rings. The quantitative estimate of drug-likeness (QED) is 0.675. The fraction of sp³-hybridized carbons (Fsp3) is 0.400. The largest absolute Gasteiger partial charge is 0.348 e. The van der Waals surface area contributed by atoms with Crippen molar-refractivity contribution in [3.8, 4) is 0 Å². The maximum Gasteiger partial charge on any atom is 0.265 e.